The lowest BCUT2D eigenvalue weighted by atomic mass is 10.2. The molecule has 8 heteroatoms. The summed E-state index contributed by atoms with van der Waals surface area (Å²) < 4.78 is 6.26. The van der Waals surface area contributed by atoms with Crippen LogP contribution < -0.4 is 5.32 Å². The molecule has 2 N–H and O–H groups in total. The smallest absolute Gasteiger partial charge is 0.193 e. The van der Waals surface area contributed by atoms with Gasteiger partial charge in [-0.1, -0.05) is 30.3 Å². The molecule has 0 aliphatic rings. The van der Waals surface area contributed by atoms with Crippen LogP contribution in [0.15, 0.2) is 62.7 Å². The standard InChI is InChI=1S/C19H22BrN5O.HI/c1-21-19(22-11-10-15-8-9-17(20)26-15)25(2)13-18-23-12-16(24-18)14-6-4-3-5-7-14;/h3-9,12H,10-11,13H2,1-2H3,(H,21,22)(H,23,24);1H. The topological polar surface area (TPSA) is 69.5 Å². The SMILES string of the molecule is CN=C(NCCc1ccc(Br)o1)N(C)Cc1ncc(-c2ccccc2)[nH]1.I. The van der Waals surface area contributed by atoms with E-state index in [0.29, 0.717) is 6.54 Å². The summed E-state index contributed by atoms with van der Waals surface area (Å²) in [7, 11) is 3.77. The molecule has 2 aromatic heterocycles. The van der Waals surface area contributed by atoms with E-state index in [9.17, 15) is 0 Å². The second-order valence-corrected chi connectivity index (χ2v) is 6.68. The zero-order valence-electron chi connectivity index (χ0n) is 15.3. The maximum absolute atomic E-state index is 5.51. The van der Waals surface area contributed by atoms with Gasteiger partial charge in [0.15, 0.2) is 10.6 Å². The highest BCUT2D eigenvalue weighted by molar-refractivity contribution is 14.0. The van der Waals surface area contributed by atoms with Crippen LogP contribution in [0.4, 0.5) is 0 Å². The van der Waals surface area contributed by atoms with Crippen molar-refractivity contribution in [1.29, 1.82) is 0 Å². The van der Waals surface area contributed by atoms with Crippen LogP contribution in [-0.4, -0.2) is 41.5 Å². The Bertz CT molecular complexity index is 862. The Kier molecular flexibility index (Phi) is 8.36. The van der Waals surface area contributed by atoms with E-state index in [1.807, 2.05) is 48.5 Å². The molecule has 144 valence electrons. The van der Waals surface area contributed by atoms with Gasteiger partial charge in [-0.05, 0) is 33.6 Å². The number of rotatable bonds is 6. The third-order valence-corrected chi connectivity index (χ3v) is 4.38. The number of aromatic amines is 1. The molecule has 0 spiro atoms. The van der Waals surface area contributed by atoms with E-state index in [2.05, 4.69) is 48.3 Å². The highest BCUT2D eigenvalue weighted by Crippen LogP contribution is 2.16. The monoisotopic (exact) mass is 543 g/mol. The molecule has 0 saturated heterocycles. The number of nitrogens with one attached hydrogen (secondary N) is 2. The predicted octanol–water partition coefficient (Wildman–Crippen LogP) is 4.30. The fourth-order valence-corrected chi connectivity index (χ4v) is 3.02. The molecule has 0 aliphatic carbocycles. The Hall–Kier alpha value is -1.81. The Morgan fingerprint density at radius 3 is 2.70 bits per heavy atom. The number of hydrogen-bond acceptors (Lipinski definition) is 3. The van der Waals surface area contributed by atoms with Gasteiger partial charge in [-0.3, -0.25) is 4.99 Å². The van der Waals surface area contributed by atoms with Crippen LogP contribution in [0.1, 0.15) is 11.6 Å². The van der Waals surface area contributed by atoms with E-state index in [0.717, 1.165) is 46.4 Å². The number of halogens is 2. The van der Waals surface area contributed by atoms with Gasteiger partial charge in [0.05, 0.1) is 18.4 Å². The van der Waals surface area contributed by atoms with Gasteiger partial charge < -0.3 is 19.6 Å². The largest absolute Gasteiger partial charge is 0.454 e. The van der Waals surface area contributed by atoms with Gasteiger partial charge in [0.1, 0.15) is 11.6 Å². The molecule has 0 unspecified atom stereocenters. The number of imidazole rings is 1. The van der Waals surface area contributed by atoms with Crippen molar-refractivity contribution in [3.8, 4) is 11.3 Å². The summed E-state index contributed by atoms with van der Waals surface area (Å²) in [5.41, 5.74) is 2.14. The van der Waals surface area contributed by atoms with Gasteiger partial charge in [0.25, 0.3) is 0 Å². The number of aliphatic imine (C=N–C) groups is 1. The van der Waals surface area contributed by atoms with Crippen molar-refractivity contribution in [2.45, 2.75) is 13.0 Å². The van der Waals surface area contributed by atoms with Crippen molar-refractivity contribution in [3.63, 3.8) is 0 Å². The Morgan fingerprint density at radius 1 is 1.26 bits per heavy atom. The third kappa shape index (κ3) is 6.10. The molecule has 0 radical (unpaired) electrons. The van der Waals surface area contributed by atoms with Crippen LogP contribution in [0, 0.1) is 0 Å². The van der Waals surface area contributed by atoms with E-state index < -0.39 is 0 Å². The first-order chi connectivity index (χ1) is 12.7. The normalized spacial score (nSPS) is 11.1. The van der Waals surface area contributed by atoms with E-state index in [4.69, 9.17) is 4.42 Å². The summed E-state index contributed by atoms with van der Waals surface area (Å²) in [5.74, 6) is 2.64. The maximum Gasteiger partial charge on any atom is 0.193 e. The molecule has 0 saturated carbocycles. The van der Waals surface area contributed by atoms with Crippen LogP contribution in [0.3, 0.4) is 0 Å². The van der Waals surface area contributed by atoms with Crippen molar-refractivity contribution in [2.24, 2.45) is 4.99 Å². The van der Waals surface area contributed by atoms with E-state index in [1.54, 1.807) is 7.05 Å². The number of H-pyrrole nitrogens is 1. The minimum absolute atomic E-state index is 0. The van der Waals surface area contributed by atoms with Gasteiger partial charge in [-0.2, -0.15) is 0 Å². The van der Waals surface area contributed by atoms with Gasteiger partial charge in [-0.25, -0.2) is 4.98 Å². The molecule has 0 bridgehead atoms. The lowest BCUT2D eigenvalue weighted by Crippen LogP contribution is -2.39. The quantitative estimate of drug-likeness (QED) is 0.276. The number of aromatic nitrogens is 2. The molecule has 6 nitrogen and oxygen atoms in total. The summed E-state index contributed by atoms with van der Waals surface area (Å²) in [6, 6.07) is 14.0. The predicted molar refractivity (Wildman–Crippen MR) is 122 cm³/mol. The maximum atomic E-state index is 5.51. The molecule has 3 aromatic rings. The van der Waals surface area contributed by atoms with Crippen molar-refractivity contribution in [2.75, 3.05) is 20.6 Å². The van der Waals surface area contributed by atoms with E-state index in [1.165, 1.54) is 0 Å². The second-order valence-electron chi connectivity index (χ2n) is 5.90. The molecule has 0 amide bonds. The van der Waals surface area contributed by atoms with Crippen LogP contribution in [-0.2, 0) is 13.0 Å². The van der Waals surface area contributed by atoms with Crippen molar-refractivity contribution in [3.05, 3.63) is 64.9 Å². The van der Waals surface area contributed by atoms with Gasteiger partial charge in [-0.15, -0.1) is 24.0 Å². The number of guanidine groups is 1. The molecule has 27 heavy (non-hydrogen) atoms. The summed E-state index contributed by atoms with van der Waals surface area (Å²) in [6.07, 6.45) is 2.65. The van der Waals surface area contributed by atoms with Crippen LogP contribution in [0.25, 0.3) is 11.3 Å². The summed E-state index contributed by atoms with van der Waals surface area (Å²) >= 11 is 3.32. The molecular formula is C19H23BrIN5O. The summed E-state index contributed by atoms with van der Waals surface area (Å²) in [4.78, 5) is 14.2. The van der Waals surface area contributed by atoms with Gasteiger partial charge >= 0.3 is 0 Å². The lowest BCUT2D eigenvalue weighted by molar-refractivity contribution is 0.456. The average Bonchev–Trinajstić information content (AvgIpc) is 3.28. The molecule has 2 heterocycles. The van der Waals surface area contributed by atoms with Crippen LogP contribution >= 0.6 is 39.9 Å². The first kappa shape index (κ1) is 21.5. The van der Waals surface area contributed by atoms with Crippen molar-refractivity contribution < 1.29 is 4.42 Å². The average molecular weight is 544 g/mol. The molecule has 1 aromatic carbocycles. The zero-order chi connectivity index (χ0) is 18.4. The molecular weight excluding hydrogens is 521 g/mol. The number of hydrogen-bond donors (Lipinski definition) is 2. The van der Waals surface area contributed by atoms with Crippen LogP contribution in [0.2, 0.25) is 0 Å². The van der Waals surface area contributed by atoms with E-state index >= 15 is 0 Å². The molecule has 0 atom stereocenters. The Labute approximate surface area is 184 Å². The fraction of sp³-hybridized carbons (Fsp3) is 0.263. The number of nitrogens with zero attached hydrogens (tertiary/aromatic N) is 3. The first-order valence-corrected chi connectivity index (χ1v) is 9.20. The van der Waals surface area contributed by atoms with Gasteiger partial charge in [0.2, 0.25) is 0 Å². The molecule has 3 rings (SSSR count). The fourth-order valence-electron chi connectivity index (χ4n) is 2.68. The highest BCUT2D eigenvalue weighted by atomic mass is 127. The number of benzene rings is 1. The van der Waals surface area contributed by atoms with Crippen LogP contribution in [0.5, 0.6) is 0 Å². The Balaban J connectivity index is 0.00000261. The number of furan rings is 1. The zero-order valence-corrected chi connectivity index (χ0v) is 19.2. The van der Waals surface area contributed by atoms with Crippen molar-refractivity contribution >= 4 is 45.9 Å². The van der Waals surface area contributed by atoms with Crippen molar-refractivity contribution in [1.82, 2.24) is 20.2 Å². The third-order valence-electron chi connectivity index (χ3n) is 3.96. The summed E-state index contributed by atoms with van der Waals surface area (Å²) in [5, 5.41) is 3.34. The van der Waals surface area contributed by atoms with Gasteiger partial charge in [0, 0.05) is 27.1 Å². The Morgan fingerprint density at radius 2 is 2.04 bits per heavy atom. The molecule has 0 fully saturated rings. The minimum atomic E-state index is 0. The van der Waals surface area contributed by atoms with E-state index in [-0.39, 0.29) is 24.0 Å². The first-order valence-electron chi connectivity index (χ1n) is 8.41. The minimum Gasteiger partial charge on any atom is -0.454 e. The second kappa shape index (κ2) is 10.5. The lowest BCUT2D eigenvalue weighted by Gasteiger charge is -2.20. The molecule has 0 aliphatic heterocycles. The highest BCUT2D eigenvalue weighted by Gasteiger charge is 2.10. The summed E-state index contributed by atoms with van der Waals surface area (Å²) in [6.45, 7) is 1.38.